The maximum atomic E-state index is 11.5. The number of carbonyl (C=O) groups excluding carboxylic acids is 1. The fourth-order valence-electron chi connectivity index (χ4n) is 2.41. The molecule has 170 valence electrons. The topological polar surface area (TPSA) is 123 Å². The van der Waals surface area contributed by atoms with E-state index >= 15 is 0 Å². The van der Waals surface area contributed by atoms with Crippen molar-refractivity contribution in [2.75, 3.05) is 27.4 Å². The van der Waals surface area contributed by atoms with Crippen molar-refractivity contribution in [3.63, 3.8) is 0 Å². The molecule has 0 amide bonds. The third kappa shape index (κ3) is 11.4. The summed E-state index contributed by atoms with van der Waals surface area (Å²) in [5.41, 5.74) is 0.695. The van der Waals surface area contributed by atoms with E-state index in [9.17, 15) is 9.59 Å². The highest BCUT2D eigenvalue weighted by Crippen LogP contribution is 2.25. The molecular formula is C22H34O8. The maximum Gasteiger partial charge on any atom is 0.328 e. The second-order valence-electron chi connectivity index (χ2n) is 6.49. The number of benzene rings is 1. The Hall–Kier alpha value is -2.58. The van der Waals surface area contributed by atoms with Crippen molar-refractivity contribution in [2.24, 2.45) is 5.92 Å². The first kappa shape index (κ1) is 27.4. The first-order valence-corrected chi connectivity index (χ1v) is 9.91. The zero-order valence-electron chi connectivity index (χ0n) is 18.2. The van der Waals surface area contributed by atoms with Crippen LogP contribution in [-0.4, -0.2) is 60.8 Å². The Bertz CT molecular complexity index is 657. The van der Waals surface area contributed by atoms with Gasteiger partial charge in [0, 0.05) is 17.7 Å². The summed E-state index contributed by atoms with van der Waals surface area (Å²) in [4.78, 5) is 21.8. The van der Waals surface area contributed by atoms with Gasteiger partial charge in [-0.15, -0.1) is 0 Å². The summed E-state index contributed by atoms with van der Waals surface area (Å²) in [6.07, 6.45) is 5.23. The van der Waals surface area contributed by atoms with Crippen LogP contribution in [0.15, 0.2) is 24.3 Å². The van der Waals surface area contributed by atoms with Crippen molar-refractivity contribution in [3.8, 4) is 11.5 Å². The number of esters is 1. The van der Waals surface area contributed by atoms with Gasteiger partial charge in [-0.05, 0) is 31.1 Å². The second kappa shape index (κ2) is 16.2. The molecule has 0 radical (unpaired) electrons. The van der Waals surface area contributed by atoms with Gasteiger partial charge in [0.05, 0.1) is 26.7 Å². The number of carboxylic acid groups (broad SMARTS) is 1. The number of carbonyl (C=O) groups is 2. The van der Waals surface area contributed by atoms with E-state index in [0.29, 0.717) is 17.1 Å². The maximum absolute atomic E-state index is 11.5. The highest BCUT2D eigenvalue weighted by molar-refractivity contribution is 5.86. The second-order valence-corrected chi connectivity index (χ2v) is 6.49. The molecule has 0 aliphatic rings. The smallest absolute Gasteiger partial charge is 0.328 e. The molecule has 2 unspecified atom stereocenters. The molecule has 0 aliphatic carbocycles. The van der Waals surface area contributed by atoms with Crippen LogP contribution < -0.4 is 9.47 Å². The number of unbranched alkanes of at least 4 members (excludes halogenated alkanes) is 1. The van der Waals surface area contributed by atoms with Crippen LogP contribution in [0.2, 0.25) is 0 Å². The van der Waals surface area contributed by atoms with Crippen molar-refractivity contribution in [1.29, 1.82) is 0 Å². The monoisotopic (exact) mass is 426 g/mol. The van der Waals surface area contributed by atoms with Crippen LogP contribution in [0.4, 0.5) is 0 Å². The molecular weight excluding hydrogens is 392 g/mol. The summed E-state index contributed by atoms with van der Waals surface area (Å²) in [5.74, 6) is -0.0895. The molecule has 1 aromatic carbocycles. The molecule has 0 aliphatic heterocycles. The largest absolute Gasteiger partial charge is 0.497 e. The fraction of sp³-hybridized carbons (Fsp3) is 0.545. The van der Waals surface area contributed by atoms with E-state index in [2.05, 4.69) is 6.92 Å². The van der Waals surface area contributed by atoms with Crippen LogP contribution in [0.25, 0.3) is 6.08 Å². The number of aliphatic carboxylic acids is 1. The van der Waals surface area contributed by atoms with E-state index in [4.69, 9.17) is 29.5 Å². The van der Waals surface area contributed by atoms with Crippen molar-refractivity contribution >= 4 is 18.0 Å². The van der Waals surface area contributed by atoms with Gasteiger partial charge >= 0.3 is 11.9 Å². The Morgan fingerprint density at radius 3 is 2.37 bits per heavy atom. The summed E-state index contributed by atoms with van der Waals surface area (Å²) in [5, 5.41) is 26.0. The summed E-state index contributed by atoms with van der Waals surface area (Å²) in [6, 6.07) is 5.17. The van der Waals surface area contributed by atoms with E-state index < -0.39 is 12.1 Å². The van der Waals surface area contributed by atoms with Crippen LogP contribution in [0.5, 0.6) is 11.5 Å². The van der Waals surface area contributed by atoms with E-state index in [0.717, 1.165) is 31.8 Å². The highest BCUT2D eigenvalue weighted by atomic mass is 16.5. The molecule has 0 spiro atoms. The van der Waals surface area contributed by atoms with Gasteiger partial charge in [-0.25, -0.2) is 4.79 Å². The van der Waals surface area contributed by atoms with Gasteiger partial charge in [-0.1, -0.05) is 26.7 Å². The summed E-state index contributed by atoms with van der Waals surface area (Å²) >= 11 is 0. The first-order chi connectivity index (χ1) is 14.3. The summed E-state index contributed by atoms with van der Waals surface area (Å²) in [6.45, 7) is 3.54. The predicted octanol–water partition coefficient (Wildman–Crippen LogP) is 2.90. The molecule has 8 nitrogen and oxygen atoms in total. The lowest BCUT2D eigenvalue weighted by atomic mass is 10.00. The van der Waals surface area contributed by atoms with Gasteiger partial charge in [0.15, 0.2) is 0 Å². The van der Waals surface area contributed by atoms with Crippen LogP contribution >= 0.6 is 0 Å². The lowest BCUT2D eigenvalue weighted by Gasteiger charge is -2.15. The van der Waals surface area contributed by atoms with Crippen LogP contribution in [0.1, 0.15) is 45.1 Å². The molecule has 1 aromatic rings. The minimum absolute atomic E-state index is 0.0733. The van der Waals surface area contributed by atoms with E-state index in [1.165, 1.54) is 13.2 Å². The Morgan fingerprint density at radius 1 is 1.17 bits per heavy atom. The van der Waals surface area contributed by atoms with Crippen LogP contribution in [-0.2, 0) is 14.3 Å². The molecule has 2 atom stereocenters. The Labute approximate surface area is 178 Å². The molecule has 30 heavy (non-hydrogen) atoms. The molecule has 0 saturated heterocycles. The molecule has 3 N–H and O–H groups in total. The average molecular weight is 427 g/mol. The number of carboxylic acids is 1. The summed E-state index contributed by atoms with van der Waals surface area (Å²) in [7, 11) is 3.08. The molecule has 0 fully saturated rings. The van der Waals surface area contributed by atoms with Crippen molar-refractivity contribution in [3.05, 3.63) is 29.8 Å². The normalized spacial score (nSPS) is 12.5. The molecule has 0 bridgehead atoms. The fourth-order valence-corrected chi connectivity index (χ4v) is 2.41. The molecule has 0 aromatic heterocycles. The number of hydrogen-bond acceptors (Lipinski definition) is 7. The lowest BCUT2D eigenvalue weighted by Crippen LogP contribution is -2.25. The van der Waals surface area contributed by atoms with E-state index in [1.54, 1.807) is 25.3 Å². The summed E-state index contributed by atoms with van der Waals surface area (Å²) < 4.78 is 15.0. The Kier molecular flexibility index (Phi) is 14.8. The van der Waals surface area contributed by atoms with Crippen molar-refractivity contribution in [2.45, 2.75) is 45.6 Å². The van der Waals surface area contributed by atoms with Crippen molar-refractivity contribution < 1.29 is 39.1 Å². The van der Waals surface area contributed by atoms with Gasteiger partial charge in [0.25, 0.3) is 0 Å². The first-order valence-electron chi connectivity index (χ1n) is 9.91. The van der Waals surface area contributed by atoms with Crippen LogP contribution in [0.3, 0.4) is 0 Å². The quantitative estimate of drug-likeness (QED) is 0.344. The third-order valence-electron chi connectivity index (χ3n) is 4.21. The molecule has 0 saturated carbocycles. The van der Waals surface area contributed by atoms with Gasteiger partial charge in [0.2, 0.25) is 0 Å². The minimum Gasteiger partial charge on any atom is -0.497 e. The zero-order chi connectivity index (χ0) is 22.9. The van der Waals surface area contributed by atoms with E-state index in [-0.39, 0.29) is 25.1 Å². The number of methoxy groups -OCH3 is 2. The molecule has 1 rings (SSSR count). The van der Waals surface area contributed by atoms with Gasteiger partial charge in [0.1, 0.15) is 24.2 Å². The lowest BCUT2D eigenvalue weighted by molar-refractivity contribution is -0.152. The standard InChI is InChI=1S/C11H12O4.C11H22O4/c1-14-9-5-3-8(4-6-11(12)13)10(7-9)15-2;1-3-5-6-9(4-2)11(14)15-8-10(13)7-12/h3-7H,1-2H3,(H,12,13);9-10,12-13H,3-8H2,1-2H3. The molecule has 8 heteroatoms. The van der Waals surface area contributed by atoms with Crippen LogP contribution in [0, 0.1) is 5.92 Å². The van der Waals surface area contributed by atoms with E-state index in [1.807, 2.05) is 6.92 Å². The third-order valence-corrected chi connectivity index (χ3v) is 4.21. The SMILES string of the molecule is CCCCC(CC)C(=O)OCC(O)CO.COc1ccc(C=CC(=O)O)c(OC)c1. The Balaban J connectivity index is 0.000000561. The van der Waals surface area contributed by atoms with Crippen molar-refractivity contribution in [1.82, 2.24) is 0 Å². The number of rotatable bonds is 12. The zero-order valence-corrected chi connectivity index (χ0v) is 18.2. The highest BCUT2D eigenvalue weighted by Gasteiger charge is 2.18. The number of aliphatic hydroxyl groups is 2. The number of hydrogen-bond donors (Lipinski definition) is 3. The molecule has 0 heterocycles. The van der Waals surface area contributed by atoms with Gasteiger partial charge in [-0.3, -0.25) is 4.79 Å². The predicted molar refractivity (Wildman–Crippen MR) is 114 cm³/mol. The number of ether oxygens (including phenoxy) is 3. The van der Waals surface area contributed by atoms with Gasteiger partial charge in [-0.2, -0.15) is 0 Å². The minimum atomic E-state index is -0.993. The van der Waals surface area contributed by atoms with Gasteiger partial charge < -0.3 is 29.5 Å². The average Bonchev–Trinajstić information content (AvgIpc) is 2.76. The Morgan fingerprint density at radius 2 is 1.87 bits per heavy atom. The number of aliphatic hydroxyl groups excluding tert-OH is 2.